The molecule has 1 saturated heterocycles. The van der Waals surface area contributed by atoms with Gasteiger partial charge in [-0.2, -0.15) is 0 Å². The maximum atomic E-state index is 12.0. The lowest BCUT2D eigenvalue weighted by Crippen LogP contribution is -2.27. The Morgan fingerprint density at radius 2 is 2.11 bits per heavy atom. The first-order valence-electron chi connectivity index (χ1n) is 5.65. The van der Waals surface area contributed by atoms with E-state index in [0.717, 1.165) is 22.9 Å². The fourth-order valence-electron chi connectivity index (χ4n) is 1.80. The molecular weight excluding hydrogens is 248 g/mol. The summed E-state index contributed by atoms with van der Waals surface area (Å²) in [4.78, 5) is 25.4. The number of thioether (sulfide) groups is 1. The lowest BCUT2D eigenvalue weighted by molar-refractivity contribution is -0.122. The Balaban J connectivity index is 2.43. The van der Waals surface area contributed by atoms with Crippen LogP contribution in [-0.2, 0) is 4.79 Å². The summed E-state index contributed by atoms with van der Waals surface area (Å²) in [5.74, 6) is -0.215. The monoisotopic (exact) mass is 262 g/mol. The van der Waals surface area contributed by atoms with Crippen LogP contribution in [0.15, 0.2) is 29.2 Å². The van der Waals surface area contributed by atoms with E-state index < -0.39 is 0 Å². The second kappa shape index (κ2) is 4.86. The van der Waals surface area contributed by atoms with Gasteiger partial charge in [0, 0.05) is 12.2 Å². The fraction of sp³-hybridized carbons (Fsp3) is 0.231. The maximum Gasteiger partial charge on any atom is 0.293 e. The number of nitrogens with zero attached hydrogens (tertiary/aromatic N) is 1. The van der Waals surface area contributed by atoms with Gasteiger partial charge in [0.25, 0.3) is 11.1 Å². The summed E-state index contributed by atoms with van der Waals surface area (Å²) in [6.07, 6.45) is 0. The van der Waals surface area contributed by atoms with Crippen molar-refractivity contribution >= 4 is 34.2 Å². The number of hydrogen-bond acceptors (Lipinski definition) is 4. The van der Waals surface area contributed by atoms with Crippen molar-refractivity contribution in [3.05, 3.63) is 34.7 Å². The van der Waals surface area contributed by atoms with Gasteiger partial charge in [0.2, 0.25) is 0 Å². The molecule has 0 bridgehead atoms. The molecule has 1 aromatic rings. The average molecular weight is 262 g/mol. The topological polar surface area (TPSA) is 63.4 Å². The minimum Gasteiger partial charge on any atom is -0.399 e. The fourth-order valence-corrected chi connectivity index (χ4v) is 2.77. The Morgan fingerprint density at radius 3 is 2.67 bits per heavy atom. The SMILES string of the molecule is CCN1C(=O)S/C(=C(/C)c2cccc(N)c2)C1=O. The van der Waals surface area contributed by atoms with Crippen molar-refractivity contribution in [1.82, 2.24) is 4.90 Å². The number of imide groups is 1. The van der Waals surface area contributed by atoms with Crippen molar-refractivity contribution in [3.8, 4) is 0 Å². The number of carbonyl (C=O) groups is 2. The van der Waals surface area contributed by atoms with Gasteiger partial charge in [0.1, 0.15) is 0 Å². The first-order chi connectivity index (χ1) is 8.54. The molecule has 2 rings (SSSR count). The molecule has 1 fully saturated rings. The number of rotatable bonds is 2. The van der Waals surface area contributed by atoms with Crippen LogP contribution in [0.4, 0.5) is 10.5 Å². The lowest BCUT2D eigenvalue weighted by atomic mass is 10.1. The Labute approximate surface area is 110 Å². The van der Waals surface area contributed by atoms with E-state index in [1.807, 2.05) is 19.1 Å². The molecule has 4 nitrogen and oxygen atoms in total. The molecule has 1 heterocycles. The molecule has 0 radical (unpaired) electrons. The zero-order valence-electron chi connectivity index (χ0n) is 10.3. The molecule has 94 valence electrons. The normalized spacial score (nSPS) is 18.4. The van der Waals surface area contributed by atoms with Gasteiger partial charge in [-0.15, -0.1) is 0 Å². The second-order valence-corrected chi connectivity index (χ2v) is 4.96. The first kappa shape index (κ1) is 12.7. The van der Waals surface area contributed by atoms with E-state index in [4.69, 9.17) is 5.73 Å². The van der Waals surface area contributed by atoms with E-state index in [1.54, 1.807) is 19.1 Å². The smallest absolute Gasteiger partial charge is 0.293 e. The minimum absolute atomic E-state index is 0.208. The highest BCUT2D eigenvalue weighted by molar-refractivity contribution is 8.18. The van der Waals surface area contributed by atoms with Gasteiger partial charge < -0.3 is 5.73 Å². The number of likely N-dealkylation sites (N-methyl/N-ethyl adjacent to an activating group) is 1. The number of nitrogens with two attached hydrogens (primary N) is 1. The van der Waals surface area contributed by atoms with Crippen LogP contribution in [0.25, 0.3) is 5.57 Å². The predicted molar refractivity (Wildman–Crippen MR) is 73.8 cm³/mol. The van der Waals surface area contributed by atoms with Crippen LogP contribution >= 0.6 is 11.8 Å². The molecule has 0 atom stereocenters. The van der Waals surface area contributed by atoms with E-state index in [1.165, 1.54) is 4.90 Å². The zero-order chi connectivity index (χ0) is 13.3. The van der Waals surface area contributed by atoms with Crippen LogP contribution in [0.1, 0.15) is 19.4 Å². The summed E-state index contributed by atoms with van der Waals surface area (Å²) in [5, 5.41) is -0.208. The third kappa shape index (κ3) is 2.13. The highest BCUT2D eigenvalue weighted by atomic mass is 32.2. The van der Waals surface area contributed by atoms with Crippen molar-refractivity contribution in [1.29, 1.82) is 0 Å². The van der Waals surface area contributed by atoms with Gasteiger partial charge in [0.15, 0.2) is 0 Å². The van der Waals surface area contributed by atoms with Crippen LogP contribution in [0.2, 0.25) is 0 Å². The molecule has 1 aromatic carbocycles. The Morgan fingerprint density at radius 1 is 1.39 bits per heavy atom. The Hall–Kier alpha value is -1.75. The molecule has 5 heteroatoms. The highest BCUT2D eigenvalue weighted by Crippen LogP contribution is 2.36. The van der Waals surface area contributed by atoms with Crippen LogP contribution in [-0.4, -0.2) is 22.6 Å². The third-order valence-corrected chi connectivity index (χ3v) is 3.91. The van der Waals surface area contributed by atoms with E-state index in [0.29, 0.717) is 17.1 Å². The van der Waals surface area contributed by atoms with Crippen molar-refractivity contribution in [3.63, 3.8) is 0 Å². The zero-order valence-corrected chi connectivity index (χ0v) is 11.1. The maximum absolute atomic E-state index is 12.0. The van der Waals surface area contributed by atoms with Crippen LogP contribution < -0.4 is 5.73 Å². The predicted octanol–water partition coefficient (Wildman–Crippen LogP) is 2.72. The molecule has 0 unspecified atom stereocenters. The van der Waals surface area contributed by atoms with Gasteiger partial charge >= 0.3 is 0 Å². The van der Waals surface area contributed by atoms with Crippen molar-refractivity contribution in [2.24, 2.45) is 0 Å². The van der Waals surface area contributed by atoms with Gasteiger partial charge in [-0.3, -0.25) is 14.5 Å². The summed E-state index contributed by atoms with van der Waals surface area (Å²) in [7, 11) is 0. The van der Waals surface area contributed by atoms with E-state index in [-0.39, 0.29) is 11.1 Å². The van der Waals surface area contributed by atoms with Crippen LogP contribution in [0, 0.1) is 0 Å². The Kier molecular flexibility index (Phi) is 3.43. The molecule has 2 amide bonds. The first-order valence-corrected chi connectivity index (χ1v) is 6.46. The summed E-state index contributed by atoms with van der Waals surface area (Å²) < 4.78 is 0. The number of allylic oxidation sites excluding steroid dienone is 1. The van der Waals surface area contributed by atoms with E-state index >= 15 is 0 Å². The number of nitrogen functional groups attached to an aromatic ring is 1. The van der Waals surface area contributed by atoms with E-state index in [2.05, 4.69) is 0 Å². The molecule has 18 heavy (non-hydrogen) atoms. The van der Waals surface area contributed by atoms with Crippen molar-refractivity contribution < 1.29 is 9.59 Å². The van der Waals surface area contributed by atoms with Gasteiger partial charge in [-0.05, 0) is 48.9 Å². The standard InChI is InChI=1S/C13H14N2O2S/c1-3-15-12(16)11(18-13(15)17)8(2)9-5-4-6-10(14)7-9/h4-7H,3,14H2,1-2H3/b11-8-. The number of benzene rings is 1. The third-order valence-electron chi connectivity index (χ3n) is 2.83. The lowest BCUT2D eigenvalue weighted by Gasteiger charge is -2.08. The van der Waals surface area contributed by atoms with Crippen molar-refractivity contribution in [2.75, 3.05) is 12.3 Å². The quantitative estimate of drug-likeness (QED) is 0.657. The second-order valence-electron chi connectivity index (χ2n) is 4.00. The molecule has 0 aromatic heterocycles. The van der Waals surface area contributed by atoms with Gasteiger partial charge in [-0.1, -0.05) is 12.1 Å². The van der Waals surface area contributed by atoms with Crippen LogP contribution in [0.5, 0.6) is 0 Å². The number of anilines is 1. The van der Waals surface area contributed by atoms with Gasteiger partial charge in [0.05, 0.1) is 4.91 Å². The summed E-state index contributed by atoms with van der Waals surface area (Å²) >= 11 is 0.991. The Bertz CT molecular complexity index is 552. The molecule has 2 N–H and O–H groups in total. The molecule has 0 spiro atoms. The molecule has 1 aliphatic rings. The highest BCUT2D eigenvalue weighted by Gasteiger charge is 2.35. The largest absolute Gasteiger partial charge is 0.399 e. The molecule has 1 aliphatic heterocycles. The number of hydrogen-bond donors (Lipinski definition) is 1. The minimum atomic E-state index is -0.215. The number of amides is 2. The number of carbonyl (C=O) groups excluding carboxylic acids is 2. The molecular formula is C13H14N2O2S. The van der Waals surface area contributed by atoms with Crippen LogP contribution in [0.3, 0.4) is 0 Å². The molecule has 0 saturated carbocycles. The summed E-state index contributed by atoms with van der Waals surface area (Å²) in [6, 6.07) is 7.30. The summed E-state index contributed by atoms with van der Waals surface area (Å²) in [6.45, 7) is 4.02. The molecule has 0 aliphatic carbocycles. The summed E-state index contributed by atoms with van der Waals surface area (Å²) in [5.41, 5.74) is 8.02. The van der Waals surface area contributed by atoms with Gasteiger partial charge in [-0.25, -0.2) is 0 Å². The average Bonchev–Trinajstić information content (AvgIpc) is 2.63. The van der Waals surface area contributed by atoms with Crippen molar-refractivity contribution in [2.45, 2.75) is 13.8 Å². The van der Waals surface area contributed by atoms with E-state index in [9.17, 15) is 9.59 Å².